The van der Waals surface area contributed by atoms with Crippen molar-refractivity contribution in [2.75, 3.05) is 13.1 Å². The molecule has 0 aliphatic carbocycles. The van der Waals surface area contributed by atoms with Crippen molar-refractivity contribution in [2.45, 2.75) is 284 Å². The van der Waals surface area contributed by atoms with Crippen LogP contribution in [0.15, 0.2) is 12.4 Å². The van der Waals surface area contributed by atoms with Gasteiger partial charge in [-0.3, -0.25) is 0 Å². The molecule has 0 spiro atoms. The molecular weight excluding hydrogens is 605 g/mol. The van der Waals surface area contributed by atoms with Crippen molar-refractivity contribution >= 4 is 0 Å². The maximum atomic E-state index is 2.74. The van der Waals surface area contributed by atoms with E-state index in [1.807, 2.05) is 0 Å². The molecule has 2 heteroatoms. The van der Waals surface area contributed by atoms with Gasteiger partial charge in [0.25, 0.3) is 0 Å². The van der Waals surface area contributed by atoms with E-state index in [4.69, 9.17) is 0 Å². The first-order valence-corrected chi connectivity index (χ1v) is 24.0. The monoisotopic (exact) mass is 701 g/mol. The Kier molecular flexibility index (Phi) is 37.5. The Balaban J connectivity index is 2.20. The van der Waals surface area contributed by atoms with Crippen molar-refractivity contribution in [2.24, 2.45) is 0 Å². The first-order chi connectivity index (χ1) is 24.8. The van der Waals surface area contributed by atoms with Gasteiger partial charge < -0.3 is 9.80 Å². The van der Waals surface area contributed by atoms with E-state index in [0.717, 1.165) is 0 Å². The molecular formula is C48H96N2. The molecule has 1 aliphatic heterocycles. The van der Waals surface area contributed by atoms with Gasteiger partial charge in [-0.05, 0) is 25.7 Å². The zero-order chi connectivity index (χ0) is 35.8. The Labute approximate surface area is 318 Å². The van der Waals surface area contributed by atoms with Crippen LogP contribution < -0.4 is 0 Å². The van der Waals surface area contributed by atoms with Gasteiger partial charge in [-0.25, -0.2) is 0 Å². The molecule has 298 valence electrons. The Bertz CT molecular complexity index is 659. The average molecular weight is 701 g/mol. The van der Waals surface area contributed by atoms with Crippen molar-refractivity contribution in [3.05, 3.63) is 12.4 Å². The van der Waals surface area contributed by atoms with Gasteiger partial charge in [-0.2, -0.15) is 0 Å². The average Bonchev–Trinajstić information content (AvgIpc) is 3.51. The molecule has 0 amide bonds. The van der Waals surface area contributed by atoms with Crippen molar-refractivity contribution in [1.29, 1.82) is 0 Å². The van der Waals surface area contributed by atoms with Gasteiger partial charge in [0.2, 0.25) is 0 Å². The summed E-state index contributed by atoms with van der Waals surface area (Å²) in [6.45, 7) is 9.49. The molecule has 1 rings (SSSR count). The molecule has 0 saturated carbocycles. The van der Waals surface area contributed by atoms with E-state index in [9.17, 15) is 0 Å². The minimum absolute atomic E-state index is 0.637. The Hall–Kier alpha value is -0.660. The van der Waals surface area contributed by atoms with E-state index >= 15 is 0 Å². The lowest BCUT2D eigenvalue weighted by molar-refractivity contribution is 0.135. The summed E-state index contributed by atoms with van der Waals surface area (Å²) in [5.74, 6) is 0. The first kappa shape index (κ1) is 47.4. The summed E-state index contributed by atoms with van der Waals surface area (Å²) < 4.78 is 0. The van der Waals surface area contributed by atoms with Crippen LogP contribution in [0.5, 0.6) is 0 Å². The van der Waals surface area contributed by atoms with Gasteiger partial charge >= 0.3 is 0 Å². The summed E-state index contributed by atoms with van der Waals surface area (Å²) in [4.78, 5) is 5.47. The van der Waals surface area contributed by atoms with E-state index in [2.05, 4.69) is 43.0 Å². The summed E-state index contributed by atoms with van der Waals surface area (Å²) in [5.41, 5.74) is 0. The normalized spacial score (nSPS) is 14.5. The molecule has 0 fully saturated rings. The lowest BCUT2D eigenvalue weighted by atomic mass is 10.0. The summed E-state index contributed by atoms with van der Waals surface area (Å²) in [5, 5.41) is 0. The van der Waals surface area contributed by atoms with E-state index in [0.29, 0.717) is 6.17 Å². The maximum absolute atomic E-state index is 2.74. The fraction of sp³-hybridized carbons (Fsp3) is 0.958. The molecule has 50 heavy (non-hydrogen) atoms. The topological polar surface area (TPSA) is 6.48 Å². The van der Waals surface area contributed by atoms with E-state index < -0.39 is 0 Å². The summed E-state index contributed by atoms with van der Waals surface area (Å²) in [7, 11) is 0. The summed E-state index contributed by atoms with van der Waals surface area (Å²) in [6.07, 6.45) is 63.4. The summed E-state index contributed by atoms with van der Waals surface area (Å²) in [6, 6.07) is 0. The van der Waals surface area contributed by atoms with Crippen LogP contribution in [0.4, 0.5) is 0 Å². The SMILES string of the molecule is CCCCCCCCCCCCCCCCCN1C=CN(CCCCCCCCCCCCCC)C1CCCCCCCCCCCCCC. The number of hydrogen-bond donors (Lipinski definition) is 0. The van der Waals surface area contributed by atoms with Gasteiger partial charge in [0.1, 0.15) is 6.17 Å². The molecule has 0 aromatic rings. The molecule has 0 bridgehead atoms. The minimum atomic E-state index is 0.637. The van der Waals surface area contributed by atoms with Crippen molar-refractivity contribution in [3.8, 4) is 0 Å². The Morgan fingerprint density at radius 3 is 0.700 bits per heavy atom. The molecule has 0 N–H and O–H groups in total. The van der Waals surface area contributed by atoms with Gasteiger partial charge in [0.05, 0.1) is 0 Å². The van der Waals surface area contributed by atoms with Crippen LogP contribution in [-0.2, 0) is 0 Å². The Morgan fingerprint density at radius 1 is 0.260 bits per heavy atom. The third-order valence-electron chi connectivity index (χ3n) is 11.8. The second-order valence-corrected chi connectivity index (χ2v) is 16.8. The maximum Gasteiger partial charge on any atom is 0.101 e. The van der Waals surface area contributed by atoms with E-state index in [-0.39, 0.29) is 0 Å². The third kappa shape index (κ3) is 30.9. The number of unbranched alkanes of at least 4 members (excludes halogenated alkanes) is 36. The van der Waals surface area contributed by atoms with Gasteiger partial charge in [-0.15, -0.1) is 0 Å². The van der Waals surface area contributed by atoms with Gasteiger partial charge in [0.15, 0.2) is 0 Å². The molecule has 1 atom stereocenters. The second-order valence-electron chi connectivity index (χ2n) is 16.8. The predicted octanol–water partition coefficient (Wildman–Crippen LogP) is 17.1. The molecule has 0 saturated heterocycles. The molecule has 1 aliphatic rings. The van der Waals surface area contributed by atoms with Gasteiger partial charge in [-0.1, -0.05) is 252 Å². The molecule has 0 radical (unpaired) electrons. The highest BCUT2D eigenvalue weighted by Gasteiger charge is 2.24. The largest absolute Gasteiger partial charge is 0.356 e. The lowest BCUT2D eigenvalue weighted by Gasteiger charge is -2.33. The van der Waals surface area contributed by atoms with Gasteiger partial charge in [0, 0.05) is 25.5 Å². The standard InChI is InChI=1S/C48H96N2/c1-4-7-10-13-16-19-22-25-26-27-30-33-36-39-42-45-50-47-46-49(44-41-38-35-32-29-24-21-18-15-12-9-6-3)48(50)43-40-37-34-31-28-23-20-17-14-11-8-5-2/h46-48H,4-45H2,1-3H3. The predicted molar refractivity (Wildman–Crippen MR) is 228 cm³/mol. The van der Waals surface area contributed by atoms with E-state index in [1.54, 1.807) is 0 Å². The number of rotatable bonds is 42. The van der Waals surface area contributed by atoms with Crippen LogP contribution in [0.2, 0.25) is 0 Å². The minimum Gasteiger partial charge on any atom is -0.356 e. The number of nitrogens with zero attached hydrogens (tertiary/aromatic N) is 2. The highest BCUT2D eigenvalue weighted by molar-refractivity contribution is 4.97. The summed E-state index contributed by atoms with van der Waals surface area (Å²) >= 11 is 0. The van der Waals surface area contributed by atoms with Crippen molar-refractivity contribution in [1.82, 2.24) is 9.80 Å². The highest BCUT2D eigenvalue weighted by Crippen LogP contribution is 2.24. The highest BCUT2D eigenvalue weighted by atomic mass is 15.4. The van der Waals surface area contributed by atoms with Crippen LogP contribution >= 0.6 is 0 Å². The van der Waals surface area contributed by atoms with Crippen molar-refractivity contribution < 1.29 is 0 Å². The van der Waals surface area contributed by atoms with E-state index in [1.165, 1.54) is 270 Å². The molecule has 0 aromatic heterocycles. The quantitative estimate of drug-likeness (QED) is 0.0585. The van der Waals surface area contributed by atoms with Crippen LogP contribution in [0.3, 0.4) is 0 Å². The molecule has 0 aromatic carbocycles. The molecule has 1 heterocycles. The van der Waals surface area contributed by atoms with Crippen LogP contribution in [0.25, 0.3) is 0 Å². The third-order valence-corrected chi connectivity index (χ3v) is 11.8. The van der Waals surface area contributed by atoms with Crippen molar-refractivity contribution in [3.63, 3.8) is 0 Å². The number of hydrogen-bond acceptors (Lipinski definition) is 2. The zero-order valence-electron chi connectivity index (χ0n) is 35.3. The lowest BCUT2D eigenvalue weighted by Crippen LogP contribution is -2.39. The Morgan fingerprint density at radius 2 is 0.460 bits per heavy atom. The van der Waals surface area contributed by atoms with Crippen LogP contribution in [0, 0.1) is 0 Å². The zero-order valence-corrected chi connectivity index (χ0v) is 35.3. The molecule has 2 nitrogen and oxygen atoms in total. The first-order valence-electron chi connectivity index (χ1n) is 24.0. The fourth-order valence-electron chi connectivity index (χ4n) is 8.31. The van der Waals surface area contributed by atoms with Crippen LogP contribution in [0.1, 0.15) is 278 Å². The smallest absolute Gasteiger partial charge is 0.101 e. The second kappa shape index (κ2) is 39.5. The molecule has 1 unspecified atom stereocenters. The fourth-order valence-corrected chi connectivity index (χ4v) is 8.31. The van der Waals surface area contributed by atoms with Crippen LogP contribution in [-0.4, -0.2) is 29.1 Å².